The maximum absolute atomic E-state index is 2.36. The van der Waals surface area contributed by atoms with Crippen LogP contribution in [-0.2, 0) is 0 Å². The van der Waals surface area contributed by atoms with E-state index in [0.29, 0.717) is 0 Å². The number of hydrogen-bond acceptors (Lipinski definition) is 0. The van der Waals surface area contributed by atoms with Crippen LogP contribution in [0.15, 0.2) is 133 Å². The zero-order valence-corrected chi connectivity index (χ0v) is 20.9. The molecule has 0 fully saturated rings. The van der Waals surface area contributed by atoms with E-state index < -0.39 is 0 Å². The lowest BCUT2D eigenvalue weighted by Crippen LogP contribution is -1.98. The quantitative estimate of drug-likeness (QED) is 0.220. The monoisotopic (exact) mass is 462 g/mol. The molecule has 0 saturated heterocycles. The Balaban J connectivity index is 1.67. The fraction of sp³-hybridized carbons (Fsp3) is 0.0556. The summed E-state index contributed by atoms with van der Waals surface area (Å²) >= 11 is 0. The average Bonchev–Trinajstić information content (AvgIpc) is 2.94. The van der Waals surface area contributed by atoms with Gasteiger partial charge in [0.15, 0.2) is 0 Å². The van der Waals surface area contributed by atoms with E-state index in [1.165, 1.54) is 55.7 Å². The molecule has 0 aliphatic carbocycles. The second-order valence-corrected chi connectivity index (χ2v) is 9.15. The van der Waals surface area contributed by atoms with Gasteiger partial charge in [0.2, 0.25) is 0 Å². The summed E-state index contributed by atoms with van der Waals surface area (Å²) in [4.78, 5) is 0. The molecule has 0 bridgehead atoms. The van der Waals surface area contributed by atoms with Gasteiger partial charge in [-0.25, -0.2) is 0 Å². The topological polar surface area (TPSA) is 0 Å². The molecule has 5 rings (SSSR count). The minimum Gasteiger partial charge on any atom is -0.0622 e. The maximum atomic E-state index is 2.36. The highest BCUT2D eigenvalue weighted by Gasteiger charge is 2.15. The molecule has 0 N–H and O–H groups in total. The van der Waals surface area contributed by atoms with Crippen molar-refractivity contribution in [3.05, 3.63) is 178 Å². The summed E-state index contributed by atoms with van der Waals surface area (Å²) in [6, 6.07) is 47.2. The molecule has 36 heavy (non-hydrogen) atoms. The van der Waals surface area contributed by atoms with Gasteiger partial charge in [-0.3, -0.25) is 0 Å². The SMILES string of the molecule is Cc1cc(/C(=C/c2ccccc2)c2ccccc2)c(C)cc1/C(=C/c1ccccc1)c1ccccc1. The predicted octanol–water partition coefficient (Wildman–Crippen LogP) is 9.48. The summed E-state index contributed by atoms with van der Waals surface area (Å²) in [6.45, 7) is 4.45. The molecule has 0 aliphatic rings. The summed E-state index contributed by atoms with van der Waals surface area (Å²) in [5.74, 6) is 0. The van der Waals surface area contributed by atoms with E-state index in [1.807, 2.05) is 0 Å². The maximum Gasteiger partial charge on any atom is -0.0103 e. The molecule has 0 saturated carbocycles. The zero-order chi connectivity index (χ0) is 24.7. The Labute approximate surface area is 214 Å². The highest BCUT2D eigenvalue weighted by Crippen LogP contribution is 2.35. The van der Waals surface area contributed by atoms with Gasteiger partial charge >= 0.3 is 0 Å². The van der Waals surface area contributed by atoms with Crippen LogP contribution in [0.1, 0.15) is 44.5 Å². The van der Waals surface area contributed by atoms with Crippen molar-refractivity contribution in [2.24, 2.45) is 0 Å². The molecule has 0 heterocycles. The van der Waals surface area contributed by atoms with Crippen LogP contribution in [0.5, 0.6) is 0 Å². The van der Waals surface area contributed by atoms with Crippen LogP contribution in [0.25, 0.3) is 23.3 Å². The third kappa shape index (κ3) is 5.29. The zero-order valence-electron chi connectivity index (χ0n) is 20.9. The average molecular weight is 463 g/mol. The van der Waals surface area contributed by atoms with Gasteiger partial charge < -0.3 is 0 Å². The lowest BCUT2D eigenvalue weighted by atomic mass is 9.86. The van der Waals surface area contributed by atoms with Crippen molar-refractivity contribution in [3.63, 3.8) is 0 Å². The Morgan fingerprint density at radius 2 is 0.722 bits per heavy atom. The van der Waals surface area contributed by atoms with E-state index in [9.17, 15) is 0 Å². The molecule has 0 radical (unpaired) electrons. The van der Waals surface area contributed by atoms with Crippen LogP contribution >= 0.6 is 0 Å². The van der Waals surface area contributed by atoms with E-state index in [4.69, 9.17) is 0 Å². The highest BCUT2D eigenvalue weighted by molar-refractivity contribution is 5.96. The van der Waals surface area contributed by atoms with E-state index in [0.717, 1.165) is 0 Å². The van der Waals surface area contributed by atoms with Gasteiger partial charge in [0.05, 0.1) is 0 Å². The van der Waals surface area contributed by atoms with Crippen LogP contribution in [0.3, 0.4) is 0 Å². The number of hydrogen-bond donors (Lipinski definition) is 0. The number of aryl methyl sites for hydroxylation is 2. The van der Waals surface area contributed by atoms with Gasteiger partial charge in [-0.2, -0.15) is 0 Å². The molecule has 0 unspecified atom stereocenters. The second-order valence-electron chi connectivity index (χ2n) is 9.15. The van der Waals surface area contributed by atoms with Crippen molar-refractivity contribution < 1.29 is 0 Å². The Bertz CT molecular complexity index is 1370. The van der Waals surface area contributed by atoms with Gasteiger partial charge in [-0.1, -0.05) is 133 Å². The van der Waals surface area contributed by atoms with E-state index in [2.05, 4.69) is 159 Å². The molecule has 0 aromatic heterocycles. The standard InChI is InChI=1S/C36H30/c1-27-23-34(36(32-21-13-6-14-22-32)26-30-17-9-4-10-18-30)28(2)24-33(27)35(31-19-11-5-12-20-31)25-29-15-7-3-8-16-29/h3-26H,1-2H3/b35-25+,36-26+. The van der Waals surface area contributed by atoms with Crippen molar-refractivity contribution in [2.45, 2.75) is 13.8 Å². The molecule has 5 aromatic rings. The Hall–Kier alpha value is -4.42. The molecule has 5 aromatic carbocycles. The predicted molar refractivity (Wildman–Crippen MR) is 156 cm³/mol. The Kier molecular flexibility index (Phi) is 7.05. The largest absolute Gasteiger partial charge is 0.0622 e. The molecule has 0 atom stereocenters. The Morgan fingerprint density at radius 1 is 0.417 bits per heavy atom. The van der Waals surface area contributed by atoms with Gasteiger partial charge in [0.1, 0.15) is 0 Å². The number of benzene rings is 5. The fourth-order valence-corrected chi connectivity index (χ4v) is 4.70. The summed E-state index contributed by atoms with van der Waals surface area (Å²) in [5, 5.41) is 0. The van der Waals surface area contributed by atoms with Crippen LogP contribution < -0.4 is 0 Å². The molecule has 0 nitrogen and oxygen atoms in total. The van der Waals surface area contributed by atoms with Gasteiger partial charge in [0, 0.05) is 0 Å². The van der Waals surface area contributed by atoms with Crippen LogP contribution in [0.2, 0.25) is 0 Å². The molecule has 0 spiro atoms. The first-order valence-electron chi connectivity index (χ1n) is 12.5. The first-order valence-corrected chi connectivity index (χ1v) is 12.5. The lowest BCUT2D eigenvalue weighted by Gasteiger charge is -2.18. The van der Waals surface area contributed by atoms with Crippen LogP contribution in [0.4, 0.5) is 0 Å². The van der Waals surface area contributed by atoms with Gasteiger partial charge in [-0.05, 0) is 81.7 Å². The van der Waals surface area contributed by atoms with E-state index >= 15 is 0 Å². The van der Waals surface area contributed by atoms with Crippen molar-refractivity contribution >= 4 is 23.3 Å². The van der Waals surface area contributed by atoms with Crippen molar-refractivity contribution in [3.8, 4) is 0 Å². The molecule has 0 heteroatoms. The summed E-state index contributed by atoms with van der Waals surface area (Å²) in [6.07, 6.45) is 4.60. The van der Waals surface area contributed by atoms with Crippen molar-refractivity contribution in [1.29, 1.82) is 0 Å². The highest BCUT2D eigenvalue weighted by atomic mass is 14.2. The lowest BCUT2D eigenvalue weighted by molar-refractivity contribution is 1.33. The van der Waals surface area contributed by atoms with Crippen molar-refractivity contribution in [1.82, 2.24) is 0 Å². The number of rotatable bonds is 6. The third-order valence-electron chi connectivity index (χ3n) is 6.54. The van der Waals surface area contributed by atoms with E-state index in [1.54, 1.807) is 0 Å². The Morgan fingerprint density at radius 3 is 1.06 bits per heavy atom. The third-order valence-corrected chi connectivity index (χ3v) is 6.54. The van der Waals surface area contributed by atoms with E-state index in [-0.39, 0.29) is 0 Å². The smallest absolute Gasteiger partial charge is 0.0103 e. The summed E-state index contributed by atoms with van der Waals surface area (Å²) in [7, 11) is 0. The van der Waals surface area contributed by atoms with Gasteiger partial charge in [0.25, 0.3) is 0 Å². The molecule has 174 valence electrons. The summed E-state index contributed by atoms with van der Waals surface area (Å²) in [5.41, 5.74) is 12.4. The minimum absolute atomic E-state index is 1.20. The minimum atomic E-state index is 1.20. The molecule has 0 aliphatic heterocycles. The normalized spacial score (nSPS) is 11.9. The molecule has 0 amide bonds. The molecular formula is C36H30. The molecular weight excluding hydrogens is 432 g/mol. The fourth-order valence-electron chi connectivity index (χ4n) is 4.70. The second kappa shape index (κ2) is 10.9. The van der Waals surface area contributed by atoms with Crippen LogP contribution in [0, 0.1) is 13.8 Å². The first kappa shape index (κ1) is 23.3. The van der Waals surface area contributed by atoms with Gasteiger partial charge in [-0.15, -0.1) is 0 Å². The van der Waals surface area contributed by atoms with Crippen LogP contribution in [-0.4, -0.2) is 0 Å². The van der Waals surface area contributed by atoms with Crippen molar-refractivity contribution in [2.75, 3.05) is 0 Å². The summed E-state index contributed by atoms with van der Waals surface area (Å²) < 4.78 is 0. The first-order chi connectivity index (χ1) is 17.7.